The van der Waals surface area contributed by atoms with Gasteiger partial charge in [0.15, 0.2) is 11.6 Å². The van der Waals surface area contributed by atoms with Gasteiger partial charge >= 0.3 is 5.97 Å². The highest BCUT2D eigenvalue weighted by atomic mass is 19.2. The summed E-state index contributed by atoms with van der Waals surface area (Å²) in [4.78, 5) is 10.6. The molecule has 1 rings (SSSR count). The van der Waals surface area contributed by atoms with Gasteiger partial charge in [-0.25, -0.2) is 8.78 Å². The molecule has 0 spiro atoms. The van der Waals surface area contributed by atoms with E-state index in [0.717, 1.165) is 0 Å². The monoisotopic (exact) mass is 228 g/mol. The molecule has 0 saturated carbocycles. The van der Waals surface area contributed by atoms with E-state index in [0.29, 0.717) is 0 Å². The average molecular weight is 228 g/mol. The molecule has 0 heterocycles. The molecule has 2 nitrogen and oxygen atoms in total. The first-order valence-corrected chi connectivity index (χ1v) is 4.92. The first-order chi connectivity index (χ1) is 7.25. The van der Waals surface area contributed by atoms with Gasteiger partial charge in [0.1, 0.15) is 0 Å². The van der Waals surface area contributed by atoms with Crippen LogP contribution in [0.4, 0.5) is 8.78 Å². The fraction of sp³-hybridized carbons (Fsp3) is 0.417. The van der Waals surface area contributed by atoms with Crippen molar-refractivity contribution in [2.75, 3.05) is 0 Å². The van der Waals surface area contributed by atoms with Gasteiger partial charge in [-0.1, -0.05) is 26.0 Å². The molecule has 0 saturated heterocycles. The molecule has 0 aliphatic carbocycles. The zero-order valence-electron chi connectivity index (χ0n) is 9.47. The first-order valence-electron chi connectivity index (χ1n) is 4.92. The van der Waals surface area contributed by atoms with Crippen LogP contribution in [0.15, 0.2) is 12.1 Å². The van der Waals surface area contributed by atoms with E-state index >= 15 is 0 Å². The summed E-state index contributed by atoms with van der Waals surface area (Å²) in [5.74, 6) is -2.90. The lowest BCUT2D eigenvalue weighted by Crippen LogP contribution is -2.23. The van der Waals surface area contributed by atoms with Crippen molar-refractivity contribution in [2.24, 2.45) is 0 Å². The van der Waals surface area contributed by atoms with Crippen molar-refractivity contribution < 1.29 is 18.7 Å². The van der Waals surface area contributed by atoms with Gasteiger partial charge in [-0.15, -0.1) is 0 Å². The second-order valence-electron chi connectivity index (χ2n) is 4.51. The Morgan fingerprint density at radius 1 is 1.31 bits per heavy atom. The molecule has 1 N–H and O–H groups in total. The third kappa shape index (κ3) is 2.38. The van der Waals surface area contributed by atoms with Crippen LogP contribution >= 0.6 is 0 Å². The van der Waals surface area contributed by atoms with Crippen molar-refractivity contribution in [1.29, 1.82) is 0 Å². The van der Waals surface area contributed by atoms with Crippen LogP contribution in [0.1, 0.15) is 31.4 Å². The number of carboxylic acids is 1. The van der Waals surface area contributed by atoms with Crippen LogP contribution in [0.3, 0.4) is 0 Å². The Balaban J connectivity index is 3.23. The topological polar surface area (TPSA) is 37.3 Å². The number of carboxylic acid groups (broad SMARTS) is 1. The van der Waals surface area contributed by atoms with Gasteiger partial charge in [0.05, 0.1) is 6.42 Å². The second-order valence-corrected chi connectivity index (χ2v) is 4.51. The molecule has 1 aromatic rings. The minimum absolute atomic E-state index is 0.0954. The van der Waals surface area contributed by atoms with E-state index in [2.05, 4.69) is 0 Å². The van der Waals surface area contributed by atoms with Gasteiger partial charge in [0.25, 0.3) is 0 Å². The van der Waals surface area contributed by atoms with Crippen LogP contribution in [-0.4, -0.2) is 11.1 Å². The number of rotatable bonds is 3. The summed E-state index contributed by atoms with van der Waals surface area (Å²) in [5.41, 5.74) is -0.616. The molecule has 0 fully saturated rings. The van der Waals surface area contributed by atoms with Gasteiger partial charge < -0.3 is 5.11 Å². The molecule has 0 atom stereocenters. The van der Waals surface area contributed by atoms with Crippen LogP contribution in [0.25, 0.3) is 0 Å². The SMILES string of the molecule is Cc1ccc(C(C)(C)CC(=O)O)c(F)c1F. The number of benzene rings is 1. The van der Waals surface area contributed by atoms with Gasteiger partial charge in [-0.05, 0) is 18.1 Å². The summed E-state index contributed by atoms with van der Waals surface area (Å²) in [7, 11) is 0. The highest BCUT2D eigenvalue weighted by Gasteiger charge is 2.28. The Labute approximate surface area is 92.9 Å². The highest BCUT2D eigenvalue weighted by Crippen LogP contribution is 2.31. The van der Waals surface area contributed by atoms with E-state index in [4.69, 9.17) is 5.11 Å². The Hall–Kier alpha value is -1.45. The summed E-state index contributed by atoms with van der Waals surface area (Å²) in [6.07, 6.45) is -0.244. The Kier molecular flexibility index (Phi) is 3.31. The molecular weight excluding hydrogens is 214 g/mol. The molecule has 0 aliphatic heterocycles. The fourth-order valence-corrected chi connectivity index (χ4v) is 1.64. The van der Waals surface area contributed by atoms with E-state index < -0.39 is 23.0 Å². The largest absolute Gasteiger partial charge is 0.481 e. The molecule has 0 aliphatic rings. The standard InChI is InChI=1S/C12H14F2O2/c1-7-4-5-8(11(14)10(7)13)12(2,3)6-9(15)16/h4-5H,6H2,1-3H3,(H,15,16). The molecule has 0 radical (unpaired) electrons. The quantitative estimate of drug-likeness (QED) is 0.863. The fourth-order valence-electron chi connectivity index (χ4n) is 1.64. The maximum Gasteiger partial charge on any atom is 0.304 e. The Morgan fingerprint density at radius 2 is 1.88 bits per heavy atom. The molecule has 0 bridgehead atoms. The van der Waals surface area contributed by atoms with Gasteiger partial charge in [-0.2, -0.15) is 0 Å². The maximum absolute atomic E-state index is 13.6. The van der Waals surface area contributed by atoms with Gasteiger partial charge in [-0.3, -0.25) is 4.79 Å². The number of aryl methyl sites for hydroxylation is 1. The number of halogens is 2. The summed E-state index contributed by atoms with van der Waals surface area (Å²) < 4.78 is 27.0. The number of carbonyl (C=O) groups is 1. The van der Waals surface area contributed by atoms with Crippen LogP contribution in [0.2, 0.25) is 0 Å². The van der Waals surface area contributed by atoms with Gasteiger partial charge in [0, 0.05) is 5.41 Å². The first kappa shape index (κ1) is 12.6. The van der Waals surface area contributed by atoms with Crippen molar-refractivity contribution in [1.82, 2.24) is 0 Å². The van der Waals surface area contributed by atoms with E-state index in [1.54, 1.807) is 13.8 Å². The minimum atomic E-state index is -1.04. The molecule has 0 amide bonds. The zero-order chi connectivity index (χ0) is 12.5. The van der Waals surface area contributed by atoms with Crippen LogP contribution in [0, 0.1) is 18.6 Å². The van der Waals surface area contributed by atoms with Crippen LogP contribution < -0.4 is 0 Å². The third-order valence-electron chi connectivity index (χ3n) is 2.60. The summed E-state index contributed by atoms with van der Waals surface area (Å²) in [5, 5.41) is 8.71. The van der Waals surface area contributed by atoms with Crippen molar-refractivity contribution in [3.8, 4) is 0 Å². The molecular formula is C12H14F2O2. The third-order valence-corrected chi connectivity index (χ3v) is 2.60. The van der Waals surface area contributed by atoms with Crippen LogP contribution in [-0.2, 0) is 10.2 Å². The smallest absolute Gasteiger partial charge is 0.304 e. The van der Waals surface area contributed by atoms with E-state index in [1.165, 1.54) is 19.1 Å². The Morgan fingerprint density at radius 3 is 2.38 bits per heavy atom. The molecule has 4 heteroatoms. The lowest BCUT2D eigenvalue weighted by molar-refractivity contribution is -0.138. The van der Waals surface area contributed by atoms with Crippen molar-refractivity contribution in [3.05, 3.63) is 34.9 Å². The Bertz CT molecular complexity index is 425. The van der Waals surface area contributed by atoms with Crippen molar-refractivity contribution in [2.45, 2.75) is 32.6 Å². The van der Waals surface area contributed by atoms with Gasteiger partial charge in [0.2, 0.25) is 0 Å². The zero-order valence-corrected chi connectivity index (χ0v) is 9.47. The maximum atomic E-state index is 13.6. The normalized spacial score (nSPS) is 11.6. The number of hydrogen-bond acceptors (Lipinski definition) is 1. The van der Waals surface area contributed by atoms with Crippen LogP contribution in [0.5, 0.6) is 0 Å². The molecule has 1 aromatic carbocycles. The van der Waals surface area contributed by atoms with E-state index in [-0.39, 0.29) is 17.5 Å². The molecule has 0 aromatic heterocycles. The lowest BCUT2D eigenvalue weighted by Gasteiger charge is -2.24. The van der Waals surface area contributed by atoms with E-state index in [1.807, 2.05) is 0 Å². The predicted octanol–water partition coefficient (Wildman–Crippen LogP) is 3.03. The number of hydrogen-bond donors (Lipinski definition) is 1. The highest BCUT2D eigenvalue weighted by molar-refractivity contribution is 5.68. The van der Waals surface area contributed by atoms with Crippen molar-refractivity contribution in [3.63, 3.8) is 0 Å². The van der Waals surface area contributed by atoms with Crippen molar-refractivity contribution >= 4 is 5.97 Å². The lowest BCUT2D eigenvalue weighted by atomic mass is 9.81. The molecule has 88 valence electrons. The van der Waals surface area contributed by atoms with E-state index in [9.17, 15) is 13.6 Å². The second kappa shape index (κ2) is 4.20. The average Bonchev–Trinajstić information content (AvgIpc) is 2.11. The summed E-state index contributed by atoms with van der Waals surface area (Å²) in [6.45, 7) is 4.62. The molecule has 0 unspecified atom stereocenters. The minimum Gasteiger partial charge on any atom is -0.481 e. The number of aliphatic carboxylic acids is 1. The summed E-state index contributed by atoms with van der Waals surface area (Å²) >= 11 is 0. The summed E-state index contributed by atoms with van der Waals surface area (Å²) in [6, 6.07) is 2.90. The molecule has 16 heavy (non-hydrogen) atoms. The predicted molar refractivity (Wildman–Crippen MR) is 56.4 cm³/mol.